The molecule has 1 N–H and O–H groups in total. The van der Waals surface area contributed by atoms with Crippen LogP contribution in [0.4, 0.5) is 5.69 Å². The number of non-ortho nitro benzene ring substituents is 1. The van der Waals surface area contributed by atoms with E-state index < -0.39 is 4.92 Å². The molecule has 0 aliphatic carbocycles. The second-order valence-electron chi connectivity index (χ2n) is 3.82. The minimum absolute atomic E-state index is 0.0456. The van der Waals surface area contributed by atoms with Gasteiger partial charge in [-0.3, -0.25) is 14.9 Å². The van der Waals surface area contributed by atoms with Crippen molar-refractivity contribution in [1.29, 1.82) is 0 Å². The lowest BCUT2D eigenvalue weighted by Gasteiger charge is -2.20. The Morgan fingerprint density at radius 3 is 2.39 bits per heavy atom. The molecule has 0 heterocycles. The summed E-state index contributed by atoms with van der Waals surface area (Å²) in [6.07, 6.45) is 0.790. The van der Waals surface area contributed by atoms with Gasteiger partial charge in [0, 0.05) is 30.8 Å². The summed E-state index contributed by atoms with van der Waals surface area (Å²) in [6, 6.07) is 5.47. The molecule has 0 unspecified atom stereocenters. The number of nitrogens with zero attached hydrogens (tertiary/aromatic N) is 2. The van der Waals surface area contributed by atoms with Gasteiger partial charge in [0.25, 0.3) is 11.6 Å². The summed E-state index contributed by atoms with van der Waals surface area (Å²) in [5, 5.41) is 19.4. The Labute approximate surface area is 105 Å². The van der Waals surface area contributed by atoms with Gasteiger partial charge in [0.05, 0.1) is 11.5 Å². The molecule has 0 aromatic heterocycles. The molecule has 1 amide bonds. The summed E-state index contributed by atoms with van der Waals surface area (Å²) in [4.78, 5) is 23.6. The zero-order valence-electron chi connectivity index (χ0n) is 10.2. The third-order valence-electron chi connectivity index (χ3n) is 2.48. The van der Waals surface area contributed by atoms with Crippen molar-refractivity contribution in [2.45, 2.75) is 13.3 Å². The number of amides is 1. The first-order valence-corrected chi connectivity index (χ1v) is 5.74. The van der Waals surface area contributed by atoms with E-state index in [9.17, 15) is 14.9 Å². The fourth-order valence-electron chi connectivity index (χ4n) is 1.61. The third kappa shape index (κ3) is 3.53. The van der Waals surface area contributed by atoms with Crippen molar-refractivity contribution in [3.8, 4) is 0 Å². The standard InChI is InChI=1S/C12H16N2O4/c1-2-7-13(8-9-15)12(16)10-3-5-11(6-4-10)14(17)18/h3-6,15H,2,7-9H2,1H3. The molecule has 1 rings (SSSR count). The topological polar surface area (TPSA) is 83.7 Å². The lowest BCUT2D eigenvalue weighted by atomic mass is 10.1. The minimum atomic E-state index is -0.508. The molecule has 0 atom stereocenters. The van der Waals surface area contributed by atoms with Gasteiger partial charge in [-0.05, 0) is 18.6 Å². The van der Waals surface area contributed by atoms with Gasteiger partial charge >= 0.3 is 0 Å². The van der Waals surface area contributed by atoms with Crippen LogP contribution in [-0.2, 0) is 0 Å². The molecule has 98 valence electrons. The molecule has 0 aliphatic heterocycles. The smallest absolute Gasteiger partial charge is 0.269 e. The average Bonchev–Trinajstić information content (AvgIpc) is 2.38. The van der Waals surface area contributed by atoms with Crippen LogP contribution in [0.2, 0.25) is 0 Å². The highest BCUT2D eigenvalue weighted by Gasteiger charge is 2.15. The number of nitro benzene ring substituents is 1. The summed E-state index contributed by atoms with van der Waals surface area (Å²) in [5.41, 5.74) is 0.346. The number of hydrogen-bond acceptors (Lipinski definition) is 4. The molecule has 0 fully saturated rings. The number of carbonyl (C=O) groups is 1. The van der Waals surface area contributed by atoms with Gasteiger partial charge in [-0.2, -0.15) is 0 Å². The van der Waals surface area contributed by atoms with Crippen LogP contribution >= 0.6 is 0 Å². The Morgan fingerprint density at radius 2 is 1.94 bits per heavy atom. The summed E-state index contributed by atoms with van der Waals surface area (Å²) in [6.45, 7) is 2.66. The first-order valence-electron chi connectivity index (χ1n) is 5.74. The highest BCUT2D eigenvalue weighted by molar-refractivity contribution is 5.94. The fraction of sp³-hybridized carbons (Fsp3) is 0.417. The first kappa shape index (κ1) is 14.1. The number of benzene rings is 1. The van der Waals surface area contributed by atoms with E-state index in [1.54, 1.807) is 0 Å². The highest BCUT2D eigenvalue weighted by Crippen LogP contribution is 2.13. The van der Waals surface area contributed by atoms with Gasteiger partial charge in [0.15, 0.2) is 0 Å². The molecule has 18 heavy (non-hydrogen) atoms. The van der Waals surface area contributed by atoms with Crippen molar-refractivity contribution in [3.05, 3.63) is 39.9 Å². The molecule has 1 aromatic carbocycles. The van der Waals surface area contributed by atoms with Gasteiger partial charge in [0.1, 0.15) is 0 Å². The normalized spacial score (nSPS) is 10.1. The van der Waals surface area contributed by atoms with Crippen LogP contribution in [0.3, 0.4) is 0 Å². The van der Waals surface area contributed by atoms with E-state index in [1.165, 1.54) is 29.2 Å². The van der Waals surface area contributed by atoms with Gasteiger partial charge in [-0.15, -0.1) is 0 Å². The van der Waals surface area contributed by atoms with Crippen LogP contribution in [0.5, 0.6) is 0 Å². The molecule has 0 aliphatic rings. The van der Waals surface area contributed by atoms with Crippen LogP contribution in [0.25, 0.3) is 0 Å². The third-order valence-corrected chi connectivity index (χ3v) is 2.48. The van der Waals surface area contributed by atoms with Crippen LogP contribution in [0.15, 0.2) is 24.3 Å². The van der Waals surface area contributed by atoms with Crippen LogP contribution in [-0.4, -0.2) is 40.5 Å². The highest BCUT2D eigenvalue weighted by atomic mass is 16.6. The van der Waals surface area contributed by atoms with Gasteiger partial charge in [0.2, 0.25) is 0 Å². The maximum atomic E-state index is 12.1. The van der Waals surface area contributed by atoms with Crippen molar-refractivity contribution in [2.24, 2.45) is 0 Å². The molecule has 0 bridgehead atoms. The van der Waals surface area contributed by atoms with Crippen molar-refractivity contribution in [3.63, 3.8) is 0 Å². The Morgan fingerprint density at radius 1 is 1.33 bits per heavy atom. The van der Waals surface area contributed by atoms with Crippen molar-refractivity contribution in [1.82, 2.24) is 4.90 Å². The molecular formula is C12H16N2O4. The van der Waals surface area contributed by atoms with E-state index in [1.807, 2.05) is 6.92 Å². The number of aliphatic hydroxyl groups is 1. The van der Waals surface area contributed by atoms with Gasteiger partial charge in [-0.25, -0.2) is 0 Å². The fourth-order valence-corrected chi connectivity index (χ4v) is 1.61. The largest absolute Gasteiger partial charge is 0.395 e. The van der Waals surface area contributed by atoms with E-state index >= 15 is 0 Å². The van der Waals surface area contributed by atoms with Gasteiger partial charge < -0.3 is 10.0 Å². The Kier molecular flexibility index (Phi) is 5.26. The molecule has 0 radical (unpaired) electrons. The van der Waals surface area contributed by atoms with Crippen molar-refractivity contribution in [2.75, 3.05) is 19.7 Å². The summed E-state index contributed by atoms with van der Waals surface area (Å²) in [5.74, 6) is -0.221. The lowest BCUT2D eigenvalue weighted by molar-refractivity contribution is -0.384. The zero-order valence-corrected chi connectivity index (χ0v) is 10.2. The van der Waals surface area contributed by atoms with Gasteiger partial charge in [-0.1, -0.05) is 6.92 Å². The molecule has 6 nitrogen and oxygen atoms in total. The van der Waals surface area contributed by atoms with Crippen LogP contribution in [0, 0.1) is 10.1 Å². The maximum Gasteiger partial charge on any atom is 0.269 e. The molecule has 1 aromatic rings. The van der Waals surface area contributed by atoms with Crippen molar-refractivity contribution < 1.29 is 14.8 Å². The zero-order chi connectivity index (χ0) is 13.5. The van der Waals surface area contributed by atoms with E-state index in [0.29, 0.717) is 12.1 Å². The van der Waals surface area contributed by atoms with E-state index in [4.69, 9.17) is 5.11 Å². The van der Waals surface area contributed by atoms with Crippen LogP contribution < -0.4 is 0 Å². The minimum Gasteiger partial charge on any atom is -0.395 e. The molecule has 0 spiro atoms. The molecular weight excluding hydrogens is 236 g/mol. The first-order chi connectivity index (χ1) is 8.60. The predicted molar refractivity (Wildman–Crippen MR) is 66.4 cm³/mol. The number of hydrogen-bond donors (Lipinski definition) is 1. The Balaban J connectivity index is 2.84. The molecule has 0 saturated heterocycles. The van der Waals surface area contributed by atoms with Crippen molar-refractivity contribution >= 4 is 11.6 Å². The summed E-state index contributed by atoms with van der Waals surface area (Å²) < 4.78 is 0. The molecule has 0 saturated carbocycles. The molecule has 6 heteroatoms. The monoisotopic (exact) mass is 252 g/mol. The number of aliphatic hydroxyl groups excluding tert-OH is 1. The van der Waals surface area contributed by atoms with Crippen LogP contribution in [0.1, 0.15) is 23.7 Å². The lowest BCUT2D eigenvalue weighted by Crippen LogP contribution is -2.34. The average molecular weight is 252 g/mol. The van der Waals surface area contributed by atoms with E-state index in [2.05, 4.69) is 0 Å². The quantitative estimate of drug-likeness (QED) is 0.613. The van der Waals surface area contributed by atoms with E-state index in [-0.39, 0.29) is 24.7 Å². The summed E-state index contributed by atoms with van der Waals surface area (Å²) >= 11 is 0. The van der Waals surface area contributed by atoms with E-state index in [0.717, 1.165) is 6.42 Å². The summed E-state index contributed by atoms with van der Waals surface area (Å²) in [7, 11) is 0. The number of carbonyl (C=O) groups excluding carboxylic acids is 1. The maximum absolute atomic E-state index is 12.1. The number of nitro groups is 1. The Hall–Kier alpha value is -1.95. The SMILES string of the molecule is CCCN(CCO)C(=O)c1ccc([N+](=O)[O-])cc1. The Bertz CT molecular complexity index is 411. The predicted octanol–water partition coefficient (Wildman–Crippen LogP) is 1.44. The second kappa shape index (κ2) is 6.70. The second-order valence-corrected chi connectivity index (χ2v) is 3.82. The number of rotatable bonds is 6.